The maximum atomic E-state index is 11.5. The Morgan fingerprint density at radius 3 is 2.58 bits per heavy atom. The quantitative estimate of drug-likeness (QED) is 0.627. The fourth-order valence-electron chi connectivity index (χ4n) is 2.15. The molecule has 5 nitrogen and oxygen atoms in total. The number of nitrogens with one attached hydrogen (secondary N) is 1. The maximum absolute atomic E-state index is 11.5. The van der Waals surface area contributed by atoms with E-state index in [0.717, 1.165) is 21.9 Å². The van der Waals surface area contributed by atoms with Gasteiger partial charge in [-0.2, -0.15) is 0 Å². The van der Waals surface area contributed by atoms with Crippen molar-refractivity contribution >= 4 is 29.3 Å². The van der Waals surface area contributed by atoms with Gasteiger partial charge in [0.05, 0.1) is 13.1 Å². The van der Waals surface area contributed by atoms with Gasteiger partial charge in [0, 0.05) is 22.7 Å². The minimum atomic E-state index is -0.271. The van der Waals surface area contributed by atoms with Crippen molar-refractivity contribution in [1.82, 2.24) is 5.32 Å². The van der Waals surface area contributed by atoms with Gasteiger partial charge < -0.3 is 10.6 Å². The second-order valence-corrected chi connectivity index (χ2v) is 5.52. The molecular formula is C13H17N3O2S. The topological polar surface area (TPSA) is 75.4 Å². The summed E-state index contributed by atoms with van der Waals surface area (Å²) in [4.78, 5) is 25.8. The molecule has 6 heteroatoms. The maximum Gasteiger partial charge on any atom is 0.246 e. The van der Waals surface area contributed by atoms with Crippen molar-refractivity contribution in [2.75, 3.05) is 23.7 Å². The number of rotatable bonds is 4. The van der Waals surface area contributed by atoms with E-state index in [0.29, 0.717) is 6.54 Å². The van der Waals surface area contributed by atoms with Gasteiger partial charge in [-0.3, -0.25) is 14.9 Å². The summed E-state index contributed by atoms with van der Waals surface area (Å²) in [6.07, 6.45) is 0. The van der Waals surface area contributed by atoms with Crippen LogP contribution in [0, 0.1) is 0 Å². The number of piperazine rings is 1. The van der Waals surface area contributed by atoms with Crippen molar-refractivity contribution in [2.45, 2.75) is 18.4 Å². The first-order valence-corrected chi connectivity index (χ1v) is 7.16. The highest BCUT2D eigenvalue weighted by Gasteiger charge is 2.24. The highest BCUT2D eigenvalue weighted by atomic mass is 32.2. The summed E-state index contributed by atoms with van der Waals surface area (Å²) in [6.45, 7) is 2.86. The van der Waals surface area contributed by atoms with Crippen LogP contribution in [0.25, 0.3) is 0 Å². The van der Waals surface area contributed by atoms with Gasteiger partial charge in [0.25, 0.3) is 0 Å². The Balaban J connectivity index is 2.35. The van der Waals surface area contributed by atoms with E-state index in [2.05, 4.69) is 12.2 Å². The molecule has 1 saturated heterocycles. The Morgan fingerprint density at radius 1 is 1.32 bits per heavy atom. The van der Waals surface area contributed by atoms with Crippen molar-refractivity contribution in [3.63, 3.8) is 0 Å². The molecule has 0 atom stereocenters. The fourth-order valence-corrected chi connectivity index (χ4v) is 3.00. The lowest BCUT2D eigenvalue weighted by Crippen LogP contribution is -2.51. The number of nitrogens with zero attached hydrogens (tertiary/aromatic N) is 1. The molecule has 1 heterocycles. The smallest absolute Gasteiger partial charge is 0.246 e. The van der Waals surface area contributed by atoms with Crippen LogP contribution in [0.3, 0.4) is 0 Å². The highest BCUT2D eigenvalue weighted by Crippen LogP contribution is 2.30. The van der Waals surface area contributed by atoms with E-state index in [1.807, 2.05) is 18.2 Å². The lowest BCUT2D eigenvalue weighted by molar-refractivity contribution is -0.130. The van der Waals surface area contributed by atoms with Crippen LogP contribution in [0.15, 0.2) is 23.1 Å². The van der Waals surface area contributed by atoms with Gasteiger partial charge in [-0.05, 0) is 17.9 Å². The molecule has 102 valence electrons. The van der Waals surface area contributed by atoms with Gasteiger partial charge in [-0.25, -0.2) is 0 Å². The van der Waals surface area contributed by atoms with Gasteiger partial charge in [0.2, 0.25) is 11.8 Å². The third-order valence-electron chi connectivity index (χ3n) is 2.90. The van der Waals surface area contributed by atoms with E-state index in [4.69, 9.17) is 5.73 Å². The number of benzene rings is 1. The molecule has 3 N–H and O–H groups in total. The first-order chi connectivity index (χ1) is 9.15. The SMILES string of the molecule is CCSc1cccc(N2CC(=O)NC(=O)C2)c1CN. The summed E-state index contributed by atoms with van der Waals surface area (Å²) in [6, 6.07) is 5.86. The monoisotopic (exact) mass is 279 g/mol. The van der Waals surface area contributed by atoms with Gasteiger partial charge in [0.15, 0.2) is 0 Å². The number of carbonyl (C=O) groups is 2. The van der Waals surface area contributed by atoms with E-state index in [9.17, 15) is 9.59 Å². The molecule has 0 aliphatic carbocycles. The molecule has 1 aromatic rings. The number of thioether (sulfide) groups is 1. The molecule has 1 aromatic carbocycles. The molecule has 0 radical (unpaired) electrons. The van der Waals surface area contributed by atoms with Crippen LogP contribution in [0.2, 0.25) is 0 Å². The van der Waals surface area contributed by atoms with Crippen LogP contribution in [0.4, 0.5) is 5.69 Å². The number of nitrogens with two attached hydrogens (primary N) is 1. The zero-order chi connectivity index (χ0) is 13.8. The van der Waals surface area contributed by atoms with Gasteiger partial charge >= 0.3 is 0 Å². The number of hydrogen-bond donors (Lipinski definition) is 2. The van der Waals surface area contributed by atoms with E-state index in [-0.39, 0.29) is 24.9 Å². The average Bonchev–Trinajstić information content (AvgIpc) is 2.37. The van der Waals surface area contributed by atoms with Gasteiger partial charge in [0.1, 0.15) is 0 Å². The van der Waals surface area contributed by atoms with Gasteiger partial charge in [-0.1, -0.05) is 13.0 Å². The van der Waals surface area contributed by atoms with Crippen molar-refractivity contribution in [3.05, 3.63) is 23.8 Å². The molecule has 0 unspecified atom stereocenters. The predicted molar refractivity (Wildman–Crippen MR) is 76.1 cm³/mol. The van der Waals surface area contributed by atoms with Crippen LogP contribution >= 0.6 is 11.8 Å². The lowest BCUT2D eigenvalue weighted by atomic mass is 10.1. The zero-order valence-electron chi connectivity index (χ0n) is 10.8. The molecule has 0 bridgehead atoms. The summed E-state index contributed by atoms with van der Waals surface area (Å²) in [7, 11) is 0. The normalized spacial score (nSPS) is 15.6. The van der Waals surface area contributed by atoms with E-state index in [1.165, 1.54) is 0 Å². The Morgan fingerprint density at radius 2 is 2.00 bits per heavy atom. The number of carbonyl (C=O) groups excluding carboxylic acids is 2. The Kier molecular flexibility index (Phi) is 4.44. The fraction of sp³-hybridized carbons (Fsp3) is 0.385. The largest absolute Gasteiger partial charge is 0.353 e. The Hall–Kier alpha value is -1.53. The summed E-state index contributed by atoms with van der Waals surface area (Å²) >= 11 is 1.71. The zero-order valence-corrected chi connectivity index (χ0v) is 11.6. The molecule has 0 aromatic heterocycles. The van der Waals surface area contributed by atoms with Gasteiger partial charge in [-0.15, -0.1) is 11.8 Å². The van der Waals surface area contributed by atoms with Crippen molar-refractivity contribution in [1.29, 1.82) is 0 Å². The Bertz CT molecular complexity index is 489. The molecule has 1 fully saturated rings. The summed E-state index contributed by atoms with van der Waals surface area (Å²) in [5.74, 6) is 0.413. The lowest BCUT2D eigenvalue weighted by Gasteiger charge is -2.29. The molecule has 0 spiro atoms. The number of amides is 2. The first-order valence-electron chi connectivity index (χ1n) is 6.18. The van der Waals surface area contributed by atoms with Crippen molar-refractivity contribution in [3.8, 4) is 0 Å². The average molecular weight is 279 g/mol. The number of hydrogen-bond acceptors (Lipinski definition) is 5. The highest BCUT2D eigenvalue weighted by molar-refractivity contribution is 7.99. The molecule has 1 aliphatic heterocycles. The van der Waals surface area contributed by atoms with Crippen molar-refractivity contribution in [2.24, 2.45) is 5.73 Å². The molecule has 2 amide bonds. The molecular weight excluding hydrogens is 262 g/mol. The molecule has 2 rings (SSSR count). The van der Waals surface area contributed by atoms with E-state index in [1.54, 1.807) is 16.7 Å². The Labute approximate surface area is 116 Å². The van der Waals surface area contributed by atoms with Crippen LogP contribution in [0.1, 0.15) is 12.5 Å². The number of anilines is 1. The molecule has 1 aliphatic rings. The summed E-state index contributed by atoms with van der Waals surface area (Å²) in [5.41, 5.74) is 7.71. The molecule has 19 heavy (non-hydrogen) atoms. The predicted octanol–water partition coefficient (Wildman–Crippen LogP) is 0.720. The number of imide groups is 1. The van der Waals surface area contributed by atoms with Crippen LogP contribution < -0.4 is 16.0 Å². The van der Waals surface area contributed by atoms with E-state index >= 15 is 0 Å². The van der Waals surface area contributed by atoms with Crippen LogP contribution in [-0.2, 0) is 16.1 Å². The summed E-state index contributed by atoms with van der Waals surface area (Å²) in [5, 5.41) is 2.30. The third kappa shape index (κ3) is 3.08. The minimum absolute atomic E-state index is 0.193. The second kappa shape index (κ2) is 6.08. The van der Waals surface area contributed by atoms with Crippen molar-refractivity contribution < 1.29 is 9.59 Å². The van der Waals surface area contributed by atoms with E-state index < -0.39 is 0 Å². The van der Waals surface area contributed by atoms with Crippen LogP contribution in [-0.4, -0.2) is 30.7 Å². The second-order valence-electron chi connectivity index (χ2n) is 4.22. The molecule has 0 saturated carbocycles. The summed E-state index contributed by atoms with van der Waals surface area (Å²) < 4.78 is 0. The minimum Gasteiger partial charge on any atom is -0.353 e. The standard InChI is InChI=1S/C13H17N3O2S/c1-2-19-11-5-3-4-10(9(11)6-14)16-7-12(17)15-13(18)8-16/h3-5H,2,6-8,14H2,1H3,(H,15,17,18). The van der Waals surface area contributed by atoms with Crippen LogP contribution in [0.5, 0.6) is 0 Å². The third-order valence-corrected chi connectivity index (χ3v) is 3.88. The first kappa shape index (κ1) is 13.9.